The number of aromatic amines is 1. The van der Waals surface area contributed by atoms with Crippen molar-refractivity contribution in [1.29, 1.82) is 0 Å². The first-order valence-corrected chi connectivity index (χ1v) is 8.54. The fourth-order valence-corrected chi connectivity index (χ4v) is 2.21. The molecule has 1 heterocycles. The number of nitrogens with one attached hydrogen (secondary N) is 2. The molecule has 1 atom stereocenters. The van der Waals surface area contributed by atoms with Gasteiger partial charge in [0.1, 0.15) is 11.3 Å². The summed E-state index contributed by atoms with van der Waals surface area (Å²) >= 11 is 0. The number of amides is 1. The lowest BCUT2D eigenvalue weighted by Gasteiger charge is -2.20. The van der Waals surface area contributed by atoms with Crippen LogP contribution in [0.4, 0.5) is 0 Å². The largest absolute Gasteiger partial charge is 0.508 e. The number of phenols is 1. The first-order chi connectivity index (χ1) is 13.0. The first kappa shape index (κ1) is 20.9. The summed E-state index contributed by atoms with van der Waals surface area (Å²) in [6.45, 7) is 6.42. The minimum atomic E-state index is -1.35. The lowest BCUT2D eigenvalue weighted by molar-refractivity contribution is -0.167. The Kier molecular flexibility index (Phi) is 6.03. The van der Waals surface area contributed by atoms with E-state index in [2.05, 4.69) is 10.3 Å². The third-order valence-electron chi connectivity index (χ3n) is 3.85. The number of benzene rings is 1. The predicted octanol–water partition coefficient (Wildman–Crippen LogP) is 1.98. The van der Waals surface area contributed by atoms with Crippen LogP contribution in [0.3, 0.4) is 0 Å². The summed E-state index contributed by atoms with van der Waals surface area (Å²) in [4.78, 5) is 52.0. The van der Waals surface area contributed by atoms with Crippen molar-refractivity contribution in [3.63, 3.8) is 0 Å². The van der Waals surface area contributed by atoms with E-state index in [1.54, 1.807) is 27.7 Å². The zero-order valence-corrected chi connectivity index (χ0v) is 16.0. The van der Waals surface area contributed by atoms with Crippen molar-refractivity contribution in [2.24, 2.45) is 5.41 Å². The van der Waals surface area contributed by atoms with Crippen molar-refractivity contribution >= 4 is 17.8 Å². The van der Waals surface area contributed by atoms with Crippen LogP contribution in [-0.2, 0) is 14.3 Å². The Hall–Kier alpha value is -3.42. The van der Waals surface area contributed by atoms with Gasteiger partial charge in [-0.25, -0.2) is 4.79 Å². The third kappa shape index (κ3) is 5.06. The van der Waals surface area contributed by atoms with Crippen molar-refractivity contribution in [3.8, 4) is 5.75 Å². The van der Waals surface area contributed by atoms with E-state index < -0.39 is 34.7 Å². The number of H-pyrrole nitrogens is 1. The van der Waals surface area contributed by atoms with Crippen molar-refractivity contribution in [2.45, 2.75) is 33.7 Å². The van der Waals surface area contributed by atoms with Crippen molar-refractivity contribution in [3.05, 3.63) is 63.6 Å². The molecule has 1 amide bonds. The van der Waals surface area contributed by atoms with E-state index in [-0.39, 0.29) is 16.9 Å². The van der Waals surface area contributed by atoms with Gasteiger partial charge in [-0.1, -0.05) is 12.1 Å². The summed E-state index contributed by atoms with van der Waals surface area (Å²) in [6.07, 6.45) is 1.24. The Morgan fingerprint density at radius 2 is 1.75 bits per heavy atom. The monoisotopic (exact) mass is 386 g/mol. The molecule has 1 unspecified atom stereocenters. The number of aromatic nitrogens is 1. The summed E-state index contributed by atoms with van der Waals surface area (Å²) in [5.74, 6) is -2.60. The van der Waals surface area contributed by atoms with Gasteiger partial charge < -0.3 is 20.1 Å². The highest BCUT2D eigenvalue weighted by Crippen LogP contribution is 2.21. The van der Waals surface area contributed by atoms with Crippen LogP contribution in [0.1, 0.15) is 48.4 Å². The number of rotatable bonds is 4. The van der Waals surface area contributed by atoms with E-state index in [0.717, 1.165) is 0 Å². The number of carbonyl (C=O) groups is 3. The molecule has 0 radical (unpaired) electrons. The summed E-state index contributed by atoms with van der Waals surface area (Å²) in [6, 6.07) is 5.37. The van der Waals surface area contributed by atoms with Gasteiger partial charge in [-0.2, -0.15) is 0 Å². The molecule has 0 saturated carbocycles. The highest BCUT2D eigenvalue weighted by molar-refractivity contribution is 5.98. The smallest absolute Gasteiger partial charge is 0.341 e. The maximum atomic E-state index is 12.6. The second kappa shape index (κ2) is 8.08. The number of aryl methyl sites for hydroxylation is 1. The van der Waals surface area contributed by atoms with Crippen LogP contribution in [0.15, 0.2) is 41.3 Å². The molecule has 148 valence electrons. The Morgan fingerprint density at radius 3 is 2.29 bits per heavy atom. The van der Waals surface area contributed by atoms with Gasteiger partial charge in [0.2, 0.25) is 0 Å². The fourth-order valence-electron chi connectivity index (χ4n) is 2.21. The molecule has 0 fully saturated rings. The van der Waals surface area contributed by atoms with Gasteiger partial charge in [-0.3, -0.25) is 14.4 Å². The van der Waals surface area contributed by atoms with Crippen LogP contribution in [0, 0.1) is 12.3 Å². The topological polar surface area (TPSA) is 126 Å². The fraction of sp³-hybridized carbons (Fsp3) is 0.300. The zero-order chi connectivity index (χ0) is 21.1. The third-order valence-corrected chi connectivity index (χ3v) is 3.85. The van der Waals surface area contributed by atoms with Crippen molar-refractivity contribution in [2.75, 3.05) is 0 Å². The summed E-state index contributed by atoms with van der Waals surface area (Å²) in [5.41, 5.74) is -0.775. The van der Waals surface area contributed by atoms with Crippen LogP contribution in [0.2, 0.25) is 0 Å². The van der Waals surface area contributed by atoms with Gasteiger partial charge in [0, 0.05) is 18.0 Å². The number of pyridine rings is 1. The number of aromatic hydroxyl groups is 1. The van der Waals surface area contributed by atoms with Gasteiger partial charge in [0.15, 0.2) is 11.5 Å². The second-order valence-corrected chi connectivity index (χ2v) is 7.35. The highest BCUT2D eigenvalue weighted by Gasteiger charge is 2.32. The Bertz CT molecular complexity index is 954. The second-order valence-electron chi connectivity index (χ2n) is 7.35. The van der Waals surface area contributed by atoms with Gasteiger partial charge in [0.05, 0.1) is 5.41 Å². The van der Waals surface area contributed by atoms with Crippen LogP contribution < -0.4 is 10.7 Å². The number of phenolic OH excluding ortho intramolecular Hbond substituents is 1. The van der Waals surface area contributed by atoms with Gasteiger partial charge in [-0.05, 0) is 45.4 Å². The average Bonchev–Trinajstić information content (AvgIpc) is 2.59. The Morgan fingerprint density at radius 1 is 1.14 bits per heavy atom. The molecule has 28 heavy (non-hydrogen) atoms. The van der Waals surface area contributed by atoms with Gasteiger partial charge in [-0.15, -0.1) is 0 Å². The standard InChI is InChI=1S/C20H22N2O6/c1-11-9-15(24)14(10-21-11)17(25)22-16(12-5-7-13(23)8-6-12)18(26)28-19(27)20(2,3)4/h5-10,16,23H,1-4H3,(H,21,24)(H,22,25). The minimum Gasteiger partial charge on any atom is -0.508 e. The lowest BCUT2D eigenvalue weighted by Crippen LogP contribution is -2.39. The van der Waals surface area contributed by atoms with Crippen LogP contribution in [0.5, 0.6) is 5.75 Å². The summed E-state index contributed by atoms with van der Waals surface area (Å²) in [7, 11) is 0. The molecule has 2 rings (SSSR count). The lowest BCUT2D eigenvalue weighted by atomic mass is 9.97. The van der Waals surface area contributed by atoms with E-state index in [0.29, 0.717) is 5.69 Å². The molecular formula is C20H22N2O6. The molecule has 1 aromatic heterocycles. The number of hydrogen-bond donors (Lipinski definition) is 3. The first-order valence-electron chi connectivity index (χ1n) is 8.54. The quantitative estimate of drug-likeness (QED) is 0.545. The molecule has 0 saturated heterocycles. The van der Waals surface area contributed by atoms with E-state index in [1.807, 2.05) is 0 Å². The summed E-state index contributed by atoms with van der Waals surface area (Å²) in [5, 5.41) is 11.9. The molecule has 0 bridgehead atoms. The predicted molar refractivity (Wildman–Crippen MR) is 101 cm³/mol. The van der Waals surface area contributed by atoms with Crippen LogP contribution in [0.25, 0.3) is 0 Å². The highest BCUT2D eigenvalue weighted by atomic mass is 16.6. The molecule has 0 aliphatic rings. The van der Waals surface area contributed by atoms with Gasteiger partial charge >= 0.3 is 11.9 Å². The van der Waals surface area contributed by atoms with Gasteiger partial charge in [0.25, 0.3) is 5.91 Å². The minimum absolute atomic E-state index is 0.0389. The molecule has 0 spiro atoms. The Balaban J connectivity index is 2.34. The maximum absolute atomic E-state index is 12.6. The molecule has 8 heteroatoms. The number of esters is 2. The van der Waals surface area contributed by atoms with Crippen LogP contribution in [-0.4, -0.2) is 27.9 Å². The molecule has 1 aromatic carbocycles. The van der Waals surface area contributed by atoms with E-state index >= 15 is 0 Å². The maximum Gasteiger partial charge on any atom is 0.341 e. The van der Waals surface area contributed by atoms with E-state index in [9.17, 15) is 24.3 Å². The van der Waals surface area contributed by atoms with Crippen molar-refractivity contribution in [1.82, 2.24) is 10.3 Å². The summed E-state index contributed by atoms with van der Waals surface area (Å²) < 4.78 is 4.91. The molecular weight excluding hydrogens is 364 g/mol. The molecule has 0 aliphatic carbocycles. The SMILES string of the molecule is Cc1cc(=O)c(C(=O)NC(C(=O)OC(=O)C(C)(C)C)c2ccc(O)cc2)c[nH]1. The molecule has 8 nitrogen and oxygen atoms in total. The van der Waals surface area contributed by atoms with Crippen LogP contribution >= 0.6 is 0 Å². The van der Waals surface area contributed by atoms with E-state index in [4.69, 9.17) is 4.74 Å². The normalized spacial score (nSPS) is 12.1. The van der Waals surface area contributed by atoms with E-state index in [1.165, 1.54) is 36.5 Å². The number of hydrogen-bond acceptors (Lipinski definition) is 6. The van der Waals surface area contributed by atoms with Crippen molar-refractivity contribution < 1.29 is 24.2 Å². The number of carbonyl (C=O) groups excluding carboxylic acids is 3. The zero-order valence-electron chi connectivity index (χ0n) is 16.0. The Labute approximate surface area is 161 Å². The average molecular weight is 386 g/mol. The molecule has 2 aromatic rings. The molecule has 0 aliphatic heterocycles. The molecule has 3 N–H and O–H groups in total. The number of ether oxygens (including phenoxy) is 1.